The Balaban J connectivity index is 1.86. The van der Waals surface area contributed by atoms with E-state index in [1.54, 1.807) is 14.2 Å². The fourth-order valence-electron chi connectivity index (χ4n) is 2.43. The zero-order valence-corrected chi connectivity index (χ0v) is 14.5. The molecule has 3 N–H and O–H groups in total. The normalized spacial score (nSPS) is 11.2. The van der Waals surface area contributed by atoms with Gasteiger partial charge in [-0.15, -0.1) is 0 Å². The predicted molar refractivity (Wildman–Crippen MR) is 97.8 cm³/mol. The molecule has 24 heavy (non-hydrogen) atoms. The van der Waals surface area contributed by atoms with Crippen LogP contribution in [0.25, 0.3) is 0 Å². The van der Waals surface area contributed by atoms with Crippen LogP contribution in [0.5, 0.6) is 11.5 Å². The second-order valence-electron chi connectivity index (χ2n) is 5.49. The molecule has 0 bridgehead atoms. The Morgan fingerprint density at radius 3 is 2.54 bits per heavy atom. The first-order valence-electron chi connectivity index (χ1n) is 7.93. The Kier molecular flexibility index (Phi) is 6.49. The van der Waals surface area contributed by atoms with E-state index in [2.05, 4.69) is 35.4 Å². The van der Waals surface area contributed by atoms with Crippen molar-refractivity contribution in [2.45, 2.75) is 19.9 Å². The van der Waals surface area contributed by atoms with Crippen molar-refractivity contribution in [1.82, 2.24) is 5.32 Å². The average molecular weight is 327 g/mol. The van der Waals surface area contributed by atoms with E-state index in [-0.39, 0.29) is 0 Å². The average Bonchev–Trinajstić information content (AvgIpc) is 2.61. The zero-order valence-electron chi connectivity index (χ0n) is 14.5. The lowest BCUT2D eigenvalue weighted by molar-refractivity contribution is 0.354. The third-order valence-electron chi connectivity index (χ3n) is 3.84. The molecule has 0 spiro atoms. The summed E-state index contributed by atoms with van der Waals surface area (Å²) in [7, 11) is 3.23. The van der Waals surface area contributed by atoms with E-state index >= 15 is 0 Å². The third-order valence-corrected chi connectivity index (χ3v) is 3.84. The minimum atomic E-state index is 0.443. The maximum atomic E-state index is 5.93. The molecule has 0 amide bonds. The van der Waals surface area contributed by atoms with Crippen LogP contribution in [0, 0.1) is 6.92 Å². The number of hydrogen-bond acceptors (Lipinski definition) is 3. The molecule has 0 aliphatic heterocycles. The molecule has 0 unspecified atom stereocenters. The SMILES string of the molecule is COc1ccc(CN=C(N)NCCc2ccccc2C)cc1OC. The lowest BCUT2D eigenvalue weighted by Crippen LogP contribution is -2.33. The van der Waals surface area contributed by atoms with Crippen molar-refractivity contribution >= 4 is 5.96 Å². The van der Waals surface area contributed by atoms with E-state index in [0.29, 0.717) is 24.0 Å². The van der Waals surface area contributed by atoms with Gasteiger partial charge in [0.15, 0.2) is 17.5 Å². The lowest BCUT2D eigenvalue weighted by atomic mass is 10.1. The molecule has 5 heteroatoms. The van der Waals surface area contributed by atoms with Gasteiger partial charge in [-0.05, 0) is 42.2 Å². The summed E-state index contributed by atoms with van der Waals surface area (Å²) in [6.45, 7) is 3.36. The highest BCUT2D eigenvalue weighted by atomic mass is 16.5. The summed E-state index contributed by atoms with van der Waals surface area (Å²) in [6.07, 6.45) is 0.916. The van der Waals surface area contributed by atoms with Crippen LogP contribution in [-0.2, 0) is 13.0 Å². The standard InChI is InChI=1S/C19H25N3O2/c1-14-6-4-5-7-16(14)10-11-21-19(20)22-13-15-8-9-17(23-2)18(12-15)24-3/h4-9,12H,10-11,13H2,1-3H3,(H3,20,21,22). The molecule has 0 radical (unpaired) electrons. The molecule has 128 valence electrons. The van der Waals surface area contributed by atoms with Crippen LogP contribution in [-0.4, -0.2) is 26.7 Å². The molecule has 0 saturated heterocycles. The van der Waals surface area contributed by atoms with E-state index in [1.165, 1.54) is 11.1 Å². The van der Waals surface area contributed by atoms with Crippen LogP contribution in [0.15, 0.2) is 47.5 Å². The Labute approximate surface area is 143 Å². The molecule has 0 aromatic heterocycles. The van der Waals surface area contributed by atoms with Crippen LogP contribution in [0.2, 0.25) is 0 Å². The van der Waals surface area contributed by atoms with Crippen LogP contribution in [0.3, 0.4) is 0 Å². The minimum absolute atomic E-state index is 0.443. The second-order valence-corrected chi connectivity index (χ2v) is 5.49. The Morgan fingerprint density at radius 2 is 1.83 bits per heavy atom. The Morgan fingerprint density at radius 1 is 1.08 bits per heavy atom. The summed E-state index contributed by atoms with van der Waals surface area (Å²) in [5.74, 6) is 1.84. The number of benzene rings is 2. The van der Waals surface area contributed by atoms with Gasteiger partial charge in [-0.3, -0.25) is 0 Å². The highest BCUT2D eigenvalue weighted by Crippen LogP contribution is 2.27. The number of rotatable bonds is 7. The lowest BCUT2D eigenvalue weighted by Gasteiger charge is -2.09. The molecular weight excluding hydrogens is 302 g/mol. The summed E-state index contributed by atoms with van der Waals surface area (Å²) < 4.78 is 10.5. The molecule has 0 aliphatic rings. The first-order chi connectivity index (χ1) is 11.6. The number of aliphatic imine (C=N–C) groups is 1. The highest BCUT2D eigenvalue weighted by molar-refractivity contribution is 5.77. The molecule has 0 aliphatic carbocycles. The molecule has 2 aromatic carbocycles. The molecule has 0 fully saturated rings. The molecule has 0 atom stereocenters. The number of nitrogens with zero attached hydrogens (tertiary/aromatic N) is 1. The Hall–Kier alpha value is -2.69. The number of nitrogens with one attached hydrogen (secondary N) is 1. The largest absolute Gasteiger partial charge is 0.493 e. The van der Waals surface area contributed by atoms with Gasteiger partial charge in [0.05, 0.1) is 20.8 Å². The molecular formula is C19H25N3O2. The van der Waals surface area contributed by atoms with E-state index in [9.17, 15) is 0 Å². The summed E-state index contributed by atoms with van der Waals surface area (Å²) in [6, 6.07) is 14.1. The molecule has 0 saturated carbocycles. The van der Waals surface area contributed by atoms with Crippen molar-refractivity contribution in [2.24, 2.45) is 10.7 Å². The van der Waals surface area contributed by atoms with Gasteiger partial charge >= 0.3 is 0 Å². The van der Waals surface area contributed by atoms with Gasteiger partial charge in [0, 0.05) is 6.54 Å². The smallest absolute Gasteiger partial charge is 0.188 e. The fourth-order valence-corrected chi connectivity index (χ4v) is 2.43. The van der Waals surface area contributed by atoms with E-state index < -0.39 is 0 Å². The van der Waals surface area contributed by atoms with Crippen molar-refractivity contribution in [3.05, 3.63) is 59.2 Å². The Bertz CT molecular complexity index is 699. The molecule has 2 rings (SSSR count). The van der Waals surface area contributed by atoms with E-state index in [0.717, 1.165) is 18.5 Å². The van der Waals surface area contributed by atoms with Crippen molar-refractivity contribution in [3.63, 3.8) is 0 Å². The third kappa shape index (κ3) is 4.91. The van der Waals surface area contributed by atoms with Crippen LogP contribution >= 0.6 is 0 Å². The maximum absolute atomic E-state index is 5.93. The number of hydrogen-bond donors (Lipinski definition) is 2. The van der Waals surface area contributed by atoms with Gasteiger partial charge in [-0.2, -0.15) is 0 Å². The van der Waals surface area contributed by atoms with Crippen LogP contribution in [0.1, 0.15) is 16.7 Å². The van der Waals surface area contributed by atoms with Gasteiger partial charge in [0.1, 0.15) is 0 Å². The minimum Gasteiger partial charge on any atom is -0.493 e. The first kappa shape index (κ1) is 17.7. The number of methoxy groups -OCH3 is 2. The van der Waals surface area contributed by atoms with Crippen molar-refractivity contribution in [1.29, 1.82) is 0 Å². The maximum Gasteiger partial charge on any atom is 0.188 e. The van der Waals surface area contributed by atoms with Crippen LogP contribution in [0.4, 0.5) is 0 Å². The molecule has 2 aromatic rings. The van der Waals surface area contributed by atoms with Gasteiger partial charge in [0.2, 0.25) is 0 Å². The number of nitrogens with two attached hydrogens (primary N) is 1. The highest BCUT2D eigenvalue weighted by Gasteiger charge is 2.04. The molecule has 5 nitrogen and oxygen atoms in total. The molecule has 0 heterocycles. The van der Waals surface area contributed by atoms with Gasteiger partial charge in [-0.25, -0.2) is 4.99 Å². The van der Waals surface area contributed by atoms with Gasteiger partial charge in [0.25, 0.3) is 0 Å². The quantitative estimate of drug-likeness (QED) is 0.606. The topological polar surface area (TPSA) is 68.9 Å². The second kappa shape index (κ2) is 8.82. The van der Waals surface area contributed by atoms with Gasteiger partial charge < -0.3 is 20.5 Å². The monoisotopic (exact) mass is 327 g/mol. The van der Waals surface area contributed by atoms with Crippen molar-refractivity contribution in [2.75, 3.05) is 20.8 Å². The summed E-state index contributed by atoms with van der Waals surface area (Å²) in [5, 5.41) is 3.15. The predicted octanol–water partition coefficient (Wildman–Crippen LogP) is 2.66. The zero-order chi connectivity index (χ0) is 17.4. The number of guanidine groups is 1. The summed E-state index contributed by atoms with van der Waals surface area (Å²) in [5.41, 5.74) is 9.55. The summed E-state index contributed by atoms with van der Waals surface area (Å²) >= 11 is 0. The number of aryl methyl sites for hydroxylation is 1. The fraction of sp³-hybridized carbons (Fsp3) is 0.316. The van der Waals surface area contributed by atoms with Crippen molar-refractivity contribution < 1.29 is 9.47 Å². The van der Waals surface area contributed by atoms with Crippen molar-refractivity contribution in [3.8, 4) is 11.5 Å². The first-order valence-corrected chi connectivity index (χ1v) is 7.93. The van der Waals surface area contributed by atoms with Gasteiger partial charge in [-0.1, -0.05) is 30.3 Å². The summed E-state index contributed by atoms with van der Waals surface area (Å²) in [4.78, 5) is 4.37. The van der Waals surface area contributed by atoms with E-state index in [1.807, 2.05) is 24.3 Å². The number of ether oxygens (including phenoxy) is 2. The van der Waals surface area contributed by atoms with Crippen LogP contribution < -0.4 is 20.5 Å². The van der Waals surface area contributed by atoms with E-state index in [4.69, 9.17) is 15.2 Å².